The molecule has 41 heavy (non-hydrogen) atoms. The van der Waals surface area contributed by atoms with Crippen molar-refractivity contribution < 1.29 is 19.1 Å². The summed E-state index contributed by atoms with van der Waals surface area (Å²) in [6.07, 6.45) is 2.52. The number of hydrogen-bond acceptors (Lipinski definition) is 5. The van der Waals surface area contributed by atoms with E-state index in [1.807, 2.05) is 97.9 Å². The molecule has 0 aliphatic rings. The van der Waals surface area contributed by atoms with E-state index in [0.29, 0.717) is 12.2 Å². The predicted molar refractivity (Wildman–Crippen MR) is 156 cm³/mol. The molecular formula is C32H35N5O4. The Morgan fingerprint density at radius 2 is 1.54 bits per heavy atom. The van der Waals surface area contributed by atoms with Crippen molar-refractivity contribution in [3.05, 3.63) is 126 Å². The van der Waals surface area contributed by atoms with Gasteiger partial charge in [-0.3, -0.25) is 9.59 Å². The van der Waals surface area contributed by atoms with E-state index in [1.165, 1.54) is 11.2 Å². The quantitative estimate of drug-likeness (QED) is 0.230. The van der Waals surface area contributed by atoms with Gasteiger partial charge < -0.3 is 25.3 Å². The lowest BCUT2D eigenvalue weighted by Gasteiger charge is -2.27. The SMILES string of the molecule is CC(CNC(=O)CN(Cc1ccccc1)C(=O)C(Cc1cnc[nH]1)NC(=O)OCc1ccccc1)c1ccccc1. The summed E-state index contributed by atoms with van der Waals surface area (Å²) in [6, 6.07) is 27.6. The Kier molecular flexibility index (Phi) is 10.7. The third-order valence-corrected chi connectivity index (χ3v) is 6.62. The molecule has 3 aromatic carbocycles. The molecule has 1 heterocycles. The van der Waals surface area contributed by atoms with Gasteiger partial charge in [-0.25, -0.2) is 9.78 Å². The minimum atomic E-state index is -0.988. The number of aromatic amines is 1. The van der Waals surface area contributed by atoms with Gasteiger partial charge in [0.1, 0.15) is 12.6 Å². The minimum Gasteiger partial charge on any atom is -0.445 e. The van der Waals surface area contributed by atoms with Gasteiger partial charge in [-0.15, -0.1) is 0 Å². The number of carbonyl (C=O) groups is 3. The summed E-state index contributed by atoms with van der Waals surface area (Å²) in [6.45, 7) is 2.55. The fraction of sp³-hybridized carbons (Fsp3) is 0.250. The second-order valence-electron chi connectivity index (χ2n) is 9.84. The minimum absolute atomic E-state index is 0.0629. The molecule has 9 heteroatoms. The van der Waals surface area contributed by atoms with Crippen LogP contribution < -0.4 is 10.6 Å². The Hall–Kier alpha value is -4.92. The number of carbonyl (C=O) groups excluding carboxylic acids is 3. The van der Waals surface area contributed by atoms with Crippen LogP contribution in [-0.4, -0.2) is 51.9 Å². The van der Waals surface area contributed by atoms with Gasteiger partial charge in [0.05, 0.1) is 12.9 Å². The van der Waals surface area contributed by atoms with Crippen LogP contribution in [0.1, 0.15) is 35.2 Å². The van der Waals surface area contributed by atoms with Gasteiger partial charge >= 0.3 is 6.09 Å². The normalized spacial score (nSPS) is 12.1. The van der Waals surface area contributed by atoms with Crippen molar-refractivity contribution in [2.24, 2.45) is 0 Å². The van der Waals surface area contributed by atoms with Crippen molar-refractivity contribution in [3.63, 3.8) is 0 Å². The van der Waals surface area contributed by atoms with E-state index in [1.54, 1.807) is 6.20 Å². The Morgan fingerprint density at radius 1 is 0.902 bits per heavy atom. The van der Waals surface area contributed by atoms with Crippen LogP contribution in [0.5, 0.6) is 0 Å². The monoisotopic (exact) mass is 553 g/mol. The molecule has 3 N–H and O–H groups in total. The average Bonchev–Trinajstić information content (AvgIpc) is 3.52. The molecule has 0 saturated heterocycles. The number of nitrogens with zero attached hydrogens (tertiary/aromatic N) is 2. The van der Waals surface area contributed by atoms with Gasteiger partial charge in [0.2, 0.25) is 11.8 Å². The van der Waals surface area contributed by atoms with E-state index in [9.17, 15) is 14.4 Å². The highest BCUT2D eigenvalue weighted by Gasteiger charge is 2.29. The van der Waals surface area contributed by atoms with E-state index in [0.717, 1.165) is 16.7 Å². The van der Waals surface area contributed by atoms with Crippen molar-refractivity contribution in [1.29, 1.82) is 0 Å². The van der Waals surface area contributed by atoms with Gasteiger partial charge in [0.15, 0.2) is 0 Å². The second-order valence-corrected chi connectivity index (χ2v) is 9.84. The largest absolute Gasteiger partial charge is 0.445 e. The fourth-order valence-electron chi connectivity index (χ4n) is 4.35. The Labute approximate surface area is 240 Å². The van der Waals surface area contributed by atoms with Crippen molar-refractivity contribution in [2.75, 3.05) is 13.1 Å². The summed E-state index contributed by atoms with van der Waals surface area (Å²) in [7, 11) is 0. The maximum atomic E-state index is 13.9. The number of amides is 3. The van der Waals surface area contributed by atoms with Gasteiger partial charge in [0.25, 0.3) is 0 Å². The number of imidazole rings is 1. The van der Waals surface area contributed by atoms with Crippen LogP contribution in [-0.2, 0) is 33.9 Å². The number of H-pyrrole nitrogens is 1. The number of alkyl carbamates (subject to hydrolysis) is 1. The summed E-state index contributed by atoms with van der Waals surface area (Å²) in [4.78, 5) is 48.2. The zero-order valence-corrected chi connectivity index (χ0v) is 23.0. The van der Waals surface area contributed by atoms with E-state index in [-0.39, 0.29) is 37.9 Å². The molecule has 212 valence electrons. The molecule has 0 bridgehead atoms. The first-order chi connectivity index (χ1) is 20.0. The van der Waals surface area contributed by atoms with Gasteiger partial charge in [-0.1, -0.05) is 97.9 Å². The highest BCUT2D eigenvalue weighted by atomic mass is 16.5. The zero-order valence-electron chi connectivity index (χ0n) is 23.0. The van der Waals surface area contributed by atoms with E-state index < -0.39 is 18.0 Å². The number of hydrogen-bond donors (Lipinski definition) is 3. The summed E-state index contributed by atoms with van der Waals surface area (Å²) < 4.78 is 5.39. The maximum absolute atomic E-state index is 13.9. The van der Waals surface area contributed by atoms with Crippen LogP contribution >= 0.6 is 0 Å². The van der Waals surface area contributed by atoms with Crippen LogP contribution in [0.3, 0.4) is 0 Å². The number of aromatic nitrogens is 2. The molecule has 9 nitrogen and oxygen atoms in total. The summed E-state index contributed by atoms with van der Waals surface area (Å²) in [5, 5.41) is 5.66. The second kappa shape index (κ2) is 15.0. The third-order valence-electron chi connectivity index (χ3n) is 6.62. The molecular weight excluding hydrogens is 518 g/mol. The zero-order chi connectivity index (χ0) is 28.9. The van der Waals surface area contributed by atoms with Crippen LogP contribution in [0.15, 0.2) is 104 Å². The molecule has 1 aromatic heterocycles. The van der Waals surface area contributed by atoms with Crippen LogP contribution in [0, 0.1) is 0 Å². The Balaban J connectivity index is 1.46. The number of rotatable bonds is 13. The Morgan fingerprint density at radius 3 is 2.17 bits per heavy atom. The van der Waals surface area contributed by atoms with E-state index in [2.05, 4.69) is 20.6 Å². The van der Waals surface area contributed by atoms with E-state index >= 15 is 0 Å². The van der Waals surface area contributed by atoms with Gasteiger partial charge in [-0.2, -0.15) is 0 Å². The molecule has 0 saturated carbocycles. The van der Waals surface area contributed by atoms with Gasteiger partial charge in [0, 0.05) is 31.4 Å². The lowest BCUT2D eigenvalue weighted by atomic mass is 10.0. The molecule has 2 unspecified atom stereocenters. The maximum Gasteiger partial charge on any atom is 0.408 e. The van der Waals surface area contributed by atoms with Crippen molar-refractivity contribution in [2.45, 2.75) is 38.5 Å². The first-order valence-electron chi connectivity index (χ1n) is 13.6. The number of benzene rings is 3. The van der Waals surface area contributed by atoms with Crippen molar-refractivity contribution in [1.82, 2.24) is 25.5 Å². The van der Waals surface area contributed by atoms with Gasteiger partial charge in [-0.05, 0) is 22.6 Å². The predicted octanol–water partition coefficient (Wildman–Crippen LogP) is 4.20. The van der Waals surface area contributed by atoms with Crippen LogP contribution in [0.4, 0.5) is 4.79 Å². The molecule has 0 spiro atoms. The summed E-state index contributed by atoms with van der Waals surface area (Å²) in [5.74, 6) is -0.594. The lowest BCUT2D eigenvalue weighted by Crippen LogP contribution is -2.52. The molecule has 0 aliphatic carbocycles. The highest BCUT2D eigenvalue weighted by molar-refractivity contribution is 5.89. The fourth-order valence-corrected chi connectivity index (χ4v) is 4.35. The smallest absolute Gasteiger partial charge is 0.408 e. The first-order valence-corrected chi connectivity index (χ1v) is 13.6. The van der Waals surface area contributed by atoms with Crippen molar-refractivity contribution >= 4 is 17.9 Å². The number of nitrogens with one attached hydrogen (secondary N) is 3. The molecule has 0 aliphatic heterocycles. The summed E-state index contributed by atoms with van der Waals surface area (Å²) >= 11 is 0. The molecule has 4 aromatic rings. The first kappa shape index (κ1) is 29.1. The van der Waals surface area contributed by atoms with Crippen LogP contribution in [0.25, 0.3) is 0 Å². The molecule has 4 rings (SSSR count). The molecule has 3 amide bonds. The summed E-state index contributed by atoms with van der Waals surface area (Å²) in [5.41, 5.74) is 3.46. The van der Waals surface area contributed by atoms with Crippen LogP contribution in [0.2, 0.25) is 0 Å². The third kappa shape index (κ3) is 9.35. The Bertz CT molecular complexity index is 1370. The highest BCUT2D eigenvalue weighted by Crippen LogP contribution is 2.14. The lowest BCUT2D eigenvalue weighted by molar-refractivity contribution is -0.138. The topological polar surface area (TPSA) is 116 Å². The molecule has 2 atom stereocenters. The molecule has 0 fully saturated rings. The standard InChI is InChI=1S/C32H35N5O4/c1-24(27-15-9-4-10-16-27)18-34-30(38)21-37(20-25-11-5-2-6-12-25)31(39)29(17-28-19-33-23-35-28)36-32(40)41-22-26-13-7-3-8-14-26/h2-16,19,23-24,29H,17-18,20-22H2,1H3,(H,33,35)(H,34,38)(H,36,40). The van der Waals surface area contributed by atoms with Crippen molar-refractivity contribution in [3.8, 4) is 0 Å². The van der Waals surface area contributed by atoms with E-state index in [4.69, 9.17) is 4.74 Å². The number of ether oxygens (including phenoxy) is 1. The molecule has 0 radical (unpaired) electrons. The average molecular weight is 554 g/mol.